The van der Waals surface area contributed by atoms with Crippen molar-refractivity contribution in [3.63, 3.8) is 0 Å². The molecule has 0 radical (unpaired) electrons. The van der Waals surface area contributed by atoms with Gasteiger partial charge in [-0.15, -0.1) is 0 Å². The molecule has 5 nitrogen and oxygen atoms in total. The van der Waals surface area contributed by atoms with Gasteiger partial charge in [-0.1, -0.05) is 6.07 Å². The maximum absolute atomic E-state index is 12.0. The zero-order chi connectivity index (χ0) is 15.0. The van der Waals surface area contributed by atoms with Gasteiger partial charge in [0.2, 0.25) is 0 Å². The maximum atomic E-state index is 12.0. The highest BCUT2D eigenvalue weighted by atomic mass is 16.6. The molecular weight excluding hydrogens is 266 g/mol. The van der Waals surface area contributed by atoms with Crippen LogP contribution in [-0.2, 0) is 13.0 Å². The van der Waals surface area contributed by atoms with Gasteiger partial charge in [0.1, 0.15) is 11.3 Å². The molecule has 2 aromatic rings. The predicted octanol–water partition coefficient (Wildman–Crippen LogP) is 3.26. The van der Waals surface area contributed by atoms with E-state index in [-0.39, 0.29) is 5.54 Å². The highest BCUT2D eigenvalue weighted by Crippen LogP contribution is 2.29. The van der Waals surface area contributed by atoms with E-state index in [0.29, 0.717) is 5.75 Å². The number of fused-ring (bicyclic) bond motifs is 3. The van der Waals surface area contributed by atoms with Crippen molar-refractivity contribution in [2.75, 3.05) is 0 Å². The van der Waals surface area contributed by atoms with Crippen LogP contribution in [0.1, 0.15) is 39.4 Å². The average Bonchev–Trinajstić information content (AvgIpc) is 2.75. The third kappa shape index (κ3) is 2.86. The number of benzene rings is 1. The molecule has 0 saturated carbocycles. The van der Waals surface area contributed by atoms with Crippen LogP contribution >= 0.6 is 0 Å². The molecule has 0 atom stereocenters. The van der Waals surface area contributed by atoms with Crippen LogP contribution in [0.4, 0.5) is 4.79 Å². The SMILES string of the molecule is CC(C)(C)NC(=O)Oc1cccc2nc3n(c12)CCCC3. The van der Waals surface area contributed by atoms with Crippen LogP contribution < -0.4 is 10.1 Å². The van der Waals surface area contributed by atoms with Gasteiger partial charge < -0.3 is 14.6 Å². The topological polar surface area (TPSA) is 56.1 Å². The van der Waals surface area contributed by atoms with Gasteiger partial charge in [0.25, 0.3) is 0 Å². The van der Waals surface area contributed by atoms with E-state index in [1.807, 2.05) is 39.0 Å². The molecule has 0 unspecified atom stereocenters. The number of carbonyl (C=O) groups is 1. The molecule has 1 aliphatic rings. The van der Waals surface area contributed by atoms with Crippen molar-refractivity contribution in [3.05, 3.63) is 24.0 Å². The molecule has 0 saturated heterocycles. The first kappa shape index (κ1) is 13.9. The molecule has 5 heteroatoms. The van der Waals surface area contributed by atoms with Gasteiger partial charge in [0, 0.05) is 18.5 Å². The average molecular weight is 287 g/mol. The number of carbonyl (C=O) groups excluding carboxylic acids is 1. The van der Waals surface area contributed by atoms with Crippen LogP contribution in [0, 0.1) is 0 Å². The number of ether oxygens (including phenoxy) is 1. The molecule has 1 aromatic heterocycles. The van der Waals surface area contributed by atoms with Crippen molar-refractivity contribution in [3.8, 4) is 5.75 Å². The minimum atomic E-state index is -0.429. The van der Waals surface area contributed by atoms with Crippen LogP contribution in [-0.4, -0.2) is 21.2 Å². The lowest BCUT2D eigenvalue weighted by atomic mass is 10.1. The van der Waals surface area contributed by atoms with Gasteiger partial charge in [0.05, 0.1) is 5.52 Å². The van der Waals surface area contributed by atoms with Gasteiger partial charge in [-0.3, -0.25) is 0 Å². The summed E-state index contributed by atoms with van der Waals surface area (Å²) >= 11 is 0. The largest absolute Gasteiger partial charge is 0.413 e. The predicted molar refractivity (Wildman–Crippen MR) is 81.6 cm³/mol. The summed E-state index contributed by atoms with van der Waals surface area (Å²) in [5.41, 5.74) is 1.51. The Balaban J connectivity index is 1.95. The minimum absolute atomic E-state index is 0.318. The number of amides is 1. The summed E-state index contributed by atoms with van der Waals surface area (Å²) in [6.45, 7) is 6.72. The van der Waals surface area contributed by atoms with E-state index in [1.165, 1.54) is 6.42 Å². The summed E-state index contributed by atoms with van der Waals surface area (Å²) in [4.78, 5) is 16.6. The van der Waals surface area contributed by atoms with Gasteiger partial charge in [-0.05, 0) is 45.7 Å². The zero-order valence-electron chi connectivity index (χ0n) is 12.8. The fraction of sp³-hybridized carbons (Fsp3) is 0.500. The molecule has 21 heavy (non-hydrogen) atoms. The highest BCUT2D eigenvalue weighted by molar-refractivity contribution is 5.85. The third-order valence-electron chi connectivity index (χ3n) is 3.52. The van der Waals surface area contributed by atoms with Crippen LogP contribution in [0.5, 0.6) is 5.75 Å². The summed E-state index contributed by atoms with van der Waals surface area (Å²) in [5, 5.41) is 2.81. The van der Waals surface area contributed by atoms with Crippen molar-refractivity contribution >= 4 is 17.1 Å². The van der Waals surface area contributed by atoms with E-state index in [9.17, 15) is 4.79 Å². The molecule has 112 valence electrons. The number of para-hydroxylation sites is 1. The van der Waals surface area contributed by atoms with E-state index in [4.69, 9.17) is 4.74 Å². The number of aromatic nitrogens is 2. The molecule has 0 bridgehead atoms. The Morgan fingerprint density at radius 1 is 1.33 bits per heavy atom. The Bertz CT molecular complexity index is 683. The smallest absolute Gasteiger partial charge is 0.408 e. The molecule has 1 aliphatic heterocycles. The summed E-state index contributed by atoms with van der Waals surface area (Å²) < 4.78 is 7.70. The number of imidazole rings is 1. The molecular formula is C16H21N3O2. The molecule has 3 rings (SSSR count). The van der Waals surface area contributed by atoms with E-state index in [0.717, 1.165) is 36.2 Å². The first-order chi connectivity index (χ1) is 9.94. The number of nitrogens with zero attached hydrogens (tertiary/aromatic N) is 2. The van der Waals surface area contributed by atoms with Crippen molar-refractivity contribution in [2.24, 2.45) is 0 Å². The van der Waals surface area contributed by atoms with E-state index >= 15 is 0 Å². The van der Waals surface area contributed by atoms with Crippen molar-refractivity contribution in [1.29, 1.82) is 0 Å². The first-order valence-corrected chi connectivity index (χ1v) is 7.42. The Morgan fingerprint density at radius 2 is 2.14 bits per heavy atom. The van der Waals surface area contributed by atoms with Gasteiger partial charge in [-0.25, -0.2) is 9.78 Å². The summed E-state index contributed by atoms with van der Waals surface area (Å²) in [6.07, 6.45) is 2.87. The lowest BCUT2D eigenvalue weighted by molar-refractivity contribution is 0.191. The standard InChI is InChI=1S/C16H21N3O2/c1-16(2,3)18-15(20)21-12-8-6-7-11-14(12)19-10-5-4-9-13(19)17-11/h6-8H,4-5,9-10H2,1-3H3,(H,18,20). The van der Waals surface area contributed by atoms with Gasteiger partial charge in [0.15, 0.2) is 5.75 Å². The fourth-order valence-electron chi connectivity index (χ4n) is 2.70. The number of aryl methyl sites for hydroxylation is 2. The molecule has 1 amide bonds. The van der Waals surface area contributed by atoms with E-state index in [1.54, 1.807) is 0 Å². The number of hydrogen-bond donors (Lipinski definition) is 1. The second-order valence-corrected chi connectivity index (χ2v) is 6.53. The zero-order valence-corrected chi connectivity index (χ0v) is 12.8. The van der Waals surface area contributed by atoms with Gasteiger partial charge >= 0.3 is 6.09 Å². The molecule has 1 N–H and O–H groups in total. The second-order valence-electron chi connectivity index (χ2n) is 6.53. The molecule has 0 fully saturated rings. The van der Waals surface area contributed by atoms with Crippen molar-refractivity contribution in [2.45, 2.75) is 52.1 Å². The summed E-state index contributed by atoms with van der Waals surface area (Å²) in [7, 11) is 0. The third-order valence-corrected chi connectivity index (χ3v) is 3.52. The number of rotatable bonds is 1. The lowest BCUT2D eigenvalue weighted by Crippen LogP contribution is -2.42. The minimum Gasteiger partial charge on any atom is -0.408 e. The molecule has 1 aromatic carbocycles. The first-order valence-electron chi connectivity index (χ1n) is 7.42. The van der Waals surface area contributed by atoms with Crippen molar-refractivity contribution in [1.82, 2.24) is 14.9 Å². The number of hydrogen-bond acceptors (Lipinski definition) is 3. The summed E-state index contributed by atoms with van der Waals surface area (Å²) in [6, 6.07) is 5.67. The Kier molecular flexibility index (Phi) is 3.35. The lowest BCUT2D eigenvalue weighted by Gasteiger charge is -2.20. The fourth-order valence-corrected chi connectivity index (χ4v) is 2.70. The van der Waals surface area contributed by atoms with Crippen LogP contribution in [0.3, 0.4) is 0 Å². The Labute approximate surface area is 124 Å². The monoisotopic (exact) mass is 287 g/mol. The quantitative estimate of drug-likeness (QED) is 0.876. The van der Waals surface area contributed by atoms with Gasteiger partial charge in [-0.2, -0.15) is 0 Å². The maximum Gasteiger partial charge on any atom is 0.413 e. The number of nitrogens with one attached hydrogen (secondary N) is 1. The van der Waals surface area contributed by atoms with Crippen LogP contribution in [0.25, 0.3) is 11.0 Å². The molecule has 0 aliphatic carbocycles. The van der Waals surface area contributed by atoms with Crippen LogP contribution in [0.2, 0.25) is 0 Å². The highest BCUT2D eigenvalue weighted by Gasteiger charge is 2.20. The Hall–Kier alpha value is -2.04. The molecule has 2 heterocycles. The van der Waals surface area contributed by atoms with E-state index < -0.39 is 6.09 Å². The Morgan fingerprint density at radius 3 is 2.90 bits per heavy atom. The summed E-state index contributed by atoms with van der Waals surface area (Å²) in [5.74, 6) is 1.67. The van der Waals surface area contributed by atoms with E-state index in [2.05, 4.69) is 14.9 Å². The van der Waals surface area contributed by atoms with Crippen LogP contribution in [0.15, 0.2) is 18.2 Å². The normalized spacial score (nSPS) is 14.8. The van der Waals surface area contributed by atoms with Crippen molar-refractivity contribution < 1.29 is 9.53 Å². The second kappa shape index (κ2) is 5.06. The molecule has 0 spiro atoms.